The molecule has 0 atom stereocenters. The number of amides is 1. The predicted octanol–water partition coefficient (Wildman–Crippen LogP) is 3.92. The standard InChI is InChI=1S/C26H31ClN4O5S/c1-35-20-5-7-24(36-2)25(17-20)37(33,34)31-14-9-18(10-15-31)26(32)30-12-3-11-28-22-8-13-29-23-16-19(27)4-6-21(22)23/h4-8,13,16-18H,3,9-12,14-15H2,1-2H3,(H,28,29)(H,30,32). The van der Waals surface area contributed by atoms with Crippen LogP contribution in [0.3, 0.4) is 0 Å². The molecule has 2 heterocycles. The van der Waals surface area contributed by atoms with E-state index in [4.69, 9.17) is 21.1 Å². The fraction of sp³-hybridized carbons (Fsp3) is 0.385. The summed E-state index contributed by atoms with van der Waals surface area (Å²) in [5.74, 6) is 0.433. The molecular formula is C26H31ClN4O5S. The second-order valence-corrected chi connectivity index (χ2v) is 11.1. The third kappa shape index (κ3) is 6.26. The fourth-order valence-corrected chi connectivity index (χ4v) is 6.23. The number of ether oxygens (including phenoxy) is 2. The van der Waals surface area contributed by atoms with Gasteiger partial charge in [-0.25, -0.2) is 8.42 Å². The molecule has 1 aliphatic rings. The topological polar surface area (TPSA) is 110 Å². The van der Waals surface area contributed by atoms with E-state index in [1.165, 1.54) is 24.6 Å². The molecule has 1 amide bonds. The molecule has 1 aliphatic heterocycles. The van der Waals surface area contributed by atoms with Crippen molar-refractivity contribution in [2.75, 3.05) is 45.7 Å². The van der Waals surface area contributed by atoms with Gasteiger partial charge in [-0.3, -0.25) is 9.78 Å². The van der Waals surface area contributed by atoms with Crippen molar-refractivity contribution >= 4 is 44.1 Å². The Labute approximate surface area is 222 Å². The van der Waals surface area contributed by atoms with Gasteiger partial charge in [0.15, 0.2) is 0 Å². The van der Waals surface area contributed by atoms with Crippen LogP contribution in [0.2, 0.25) is 5.02 Å². The quantitative estimate of drug-likeness (QED) is 0.371. The minimum atomic E-state index is -3.78. The highest BCUT2D eigenvalue weighted by Crippen LogP contribution is 2.32. The molecule has 2 aromatic carbocycles. The normalized spacial score (nSPS) is 14.9. The van der Waals surface area contributed by atoms with Crippen molar-refractivity contribution in [3.63, 3.8) is 0 Å². The van der Waals surface area contributed by atoms with Crippen molar-refractivity contribution in [1.29, 1.82) is 0 Å². The van der Waals surface area contributed by atoms with Gasteiger partial charge in [0.25, 0.3) is 0 Å². The maximum absolute atomic E-state index is 13.2. The number of sulfonamides is 1. The van der Waals surface area contributed by atoms with E-state index in [0.717, 1.165) is 23.0 Å². The highest BCUT2D eigenvalue weighted by Gasteiger charge is 2.34. The summed E-state index contributed by atoms with van der Waals surface area (Å²) in [6, 6.07) is 12.2. The number of nitrogens with zero attached hydrogens (tertiary/aromatic N) is 2. The van der Waals surface area contributed by atoms with E-state index in [2.05, 4.69) is 15.6 Å². The van der Waals surface area contributed by atoms with Gasteiger partial charge < -0.3 is 20.1 Å². The summed E-state index contributed by atoms with van der Waals surface area (Å²) in [5.41, 5.74) is 1.79. The van der Waals surface area contributed by atoms with Crippen molar-refractivity contribution in [2.24, 2.45) is 5.92 Å². The summed E-state index contributed by atoms with van der Waals surface area (Å²) in [7, 11) is -0.864. The van der Waals surface area contributed by atoms with Crippen LogP contribution in [-0.4, -0.2) is 64.0 Å². The van der Waals surface area contributed by atoms with Crippen LogP contribution in [0.15, 0.2) is 53.6 Å². The first-order valence-electron chi connectivity index (χ1n) is 12.1. The molecule has 4 rings (SSSR count). The number of rotatable bonds is 10. The lowest BCUT2D eigenvalue weighted by molar-refractivity contribution is -0.126. The summed E-state index contributed by atoms with van der Waals surface area (Å²) in [5, 5.41) is 8.01. The van der Waals surface area contributed by atoms with E-state index >= 15 is 0 Å². The van der Waals surface area contributed by atoms with E-state index in [1.807, 2.05) is 24.3 Å². The number of benzene rings is 2. The smallest absolute Gasteiger partial charge is 0.246 e. The molecule has 11 heteroatoms. The van der Waals surface area contributed by atoms with Gasteiger partial charge in [0.05, 0.1) is 19.7 Å². The zero-order chi connectivity index (χ0) is 26.4. The van der Waals surface area contributed by atoms with Crippen LogP contribution >= 0.6 is 11.6 Å². The number of carbonyl (C=O) groups excluding carboxylic acids is 1. The lowest BCUT2D eigenvalue weighted by atomic mass is 9.97. The summed E-state index contributed by atoms with van der Waals surface area (Å²) in [6.45, 7) is 1.74. The van der Waals surface area contributed by atoms with E-state index in [9.17, 15) is 13.2 Å². The predicted molar refractivity (Wildman–Crippen MR) is 144 cm³/mol. The number of nitrogens with one attached hydrogen (secondary N) is 2. The number of halogens is 1. The zero-order valence-electron chi connectivity index (χ0n) is 20.9. The number of hydrogen-bond acceptors (Lipinski definition) is 7. The number of aromatic nitrogens is 1. The summed E-state index contributed by atoms with van der Waals surface area (Å²) < 4.78 is 38.3. The third-order valence-electron chi connectivity index (χ3n) is 6.49. The Morgan fingerprint density at radius 1 is 1.08 bits per heavy atom. The largest absolute Gasteiger partial charge is 0.497 e. The van der Waals surface area contributed by atoms with E-state index in [0.29, 0.717) is 36.7 Å². The number of methoxy groups -OCH3 is 2. The first kappa shape index (κ1) is 27.0. The van der Waals surface area contributed by atoms with Crippen LogP contribution in [0, 0.1) is 5.92 Å². The number of pyridine rings is 1. The molecule has 3 aromatic rings. The molecule has 1 fully saturated rings. The second-order valence-electron chi connectivity index (χ2n) is 8.79. The van der Waals surface area contributed by atoms with Crippen LogP contribution in [0.25, 0.3) is 10.9 Å². The zero-order valence-corrected chi connectivity index (χ0v) is 22.4. The van der Waals surface area contributed by atoms with Gasteiger partial charge in [-0.05, 0) is 55.7 Å². The third-order valence-corrected chi connectivity index (χ3v) is 8.64. The van der Waals surface area contributed by atoms with E-state index in [-0.39, 0.29) is 35.6 Å². The molecule has 0 radical (unpaired) electrons. The SMILES string of the molecule is COc1ccc(OC)c(S(=O)(=O)N2CCC(C(=O)NCCCNc3ccnc4cc(Cl)ccc34)CC2)c1. The van der Waals surface area contributed by atoms with Crippen molar-refractivity contribution in [3.05, 3.63) is 53.7 Å². The number of carbonyl (C=O) groups is 1. The Hall–Kier alpha value is -3.08. The van der Waals surface area contributed by atoms with Crippen LogP contribution in [-0.2, 0) is 14.8 Å². The highest BCUT2D eigenvalue weighted by molar-refractivity contribution is 7.89. The van der Waals surface area contributed by atoms with Crippen LogP contribution in [0.5, 0.6) is 11.5 Å². The average molecular weight is 547 g/mol. The molecule has 0 unspecified atom stereocenters. The first-order chi connectivity index (χ1) is 17.8. The summed E-state index contributed by atoms with van der Waals surface area (Å²) in [6.07, 6.45) is 3.40. The van der Waals surface area contributed by atoms with Crippen molar-refractivity contribution < 1.29 is 22.7 Å². The van der Waals surface area contributed by atoms with Gasteiger partial charge >= 0.3 is 0 Å². The molecule has 2 N–H and O–H groups in total. The number of piperidine rings is 1. The van der Waals surface area contributed by atoms with Crippen LogP contribution in [0.4, 0.5) is 5.69 Å². The fourth-order valence-electron chi connectivity index (χ4n) is 4.43. The van der Waals surface area contributed by atoms with Gasteiger partial charge in [0, 0.05) is 60.5 Å². The van der Waals surface area contributed by atoms with Gasteiger partial charge in [0.1, 0.15) is 16.4 Å². The Morgan fingerprint density at radius 3 is 2.59 bits per heavy atom. The van der Waals surface area contributed by atoms with Gasteiger partial charge in [-0.15, -0.1) is 0 Å². The Bertz CT molecular complexity index is 1360. The van der Waals surface area contributed by atoms with E-state index in [1.54, 1.807) is 18.3 Å². The van der Waals surface area contributed by atoms with Crippen molar-refractivity contribution in [2.45, 2.75) is 24.2 Å². The van der Waals surface area contributed by atoms with Crippen LogP contribution in [0.1, 0.15) is 19.3 Å². The maximum atomic E-state index is 13.2. The first-order valence-corrected chi connectivity index (χ1v) is 13.9. The molecule has 0 saturated carbocycles. The molecule has 0 aliphatic carbocycles. The number of fused-ring (bicyclic) bond motifs is 1. The molecule has 9 nitrogen and oxygen atoms in total. The Balaban J connectivity index is 1.24. The summed E-state index contributed by atoms with van der Waals surface area (Å²) >= 11 is 6.05. The Kier molecular flexibility index (Phi) is 8.73. The monoisotopic (exact) mass is 546 g/mol. The molecule has 0 bridgehead atoms. The second kappa shape index (κ2) is 12.0. The summed E-state index contributed by atoms with van der Waals surface area (Å²) in [4.78, 5) is 17.1. The molecule has 37 heavy (non-hydrogen) atoms. The molecular weight excluding hydrogens is 516 g/mol. The molecule has 198 valence electrons. The van der Waals surface area contributed by atoms with Gasteiger partial charge in [-0.1, -0.05) is 11.6 Å². The average Bonchev–Trinajstić information content (AvgIpc) is 2.92. The minimum absolute atomic E-state index is 0.0417. The molecule has 1 saturated heterocycles. The minimum Gasteiger partial charge on any atom is -0.497 e. The molecule has 1 aromatic heterocycles. The number of hydrogen-bond donors (Lipinski definition) is 2. The van der Waals surface area contributed by atoms with Gasteiger partial charge in [-0.2, -0.15) is 4.31 Å². The van der Waals surface area contributed by atoms with Crippen molar-refractivity contribution in [3.8, 4) is 11.5 Å². The number of anilines is 1. The lowest BCUT2D eigenvalue weighted by Gasteiger charge is -2.31. The lowest BCUT2D eigenvalue weighted by Crippen LogP contribution is -2.43. The van der Waals surface area contributed by atoms with Gasteiger partial charge in [0.2, 0.25) is 15.9 Å². The van der Waals surface area contributed by atoms with Crippen LogP contribution < -0.4 is 20.1 Å². The van der Waals surface area contributed by atoms with E-state index < -0.39 is 10.0 Å². The molecule has 0 spiro atoms. The highest BCUT2D eigenvalue weighted by atomic mass is 35.5. The Morgan fingerprint density at radius 2 is 1.86 bits per heavy atom. The van der Waals surface area contributed by atoms with Crippen molar-refractivity contribution in [1.82, 2.24) is 14.6 Å². The maximum Gasteiger partial charge on any atom is 0.246 e.